The number of carboxylic acids is 1. The molecule has 0 radical (unpaired) electrons. The molecule has 18 heavy (non-hydrogen) atoms. The molecule has 1 rings (SSSR count). The molecule has 0 heterocycles. The fraction of sp³-hybridized carbons (Fsp3) is 0.133. The predicted molar refractivity (Wildman–Crippen MR) is 74.4 cm³/mol. The average Bonchev–Trinajstić information content (AvgIpc) is 2.39. The Morgan fingerprint density at radius 1 is 1.39 bits per heavy atom. The van der Waals surface area contributed by atoms with Crippen molar-refractivity contribution >= 4 is 11.5 Å². The Kier molecular flexibility index (Phi) is 5.08. The fourth-order valence-corrected chi connectivity index (χ4v) is 1.60. The number of rotatable bonds is 5. The Morgan fingerprint density at radius 2 is 2.00 bits per heavy atom. The number of hydrogen-bond donors (Lipinski definition) is 2. The number of hydrogen-bond acceptors (Lipinski definition) is 2. The zero-order valence-electron chi connectivity index (χ0n) is 10.4. The third kappa shape index (κ3) is 3.18. The van der Waals surface area contributed by atoms with Gasteiger partial charge in [0.25, 0.3) is 0 Å². The average molecular weight is 243 g/mol. The number of allylic oxidation sites excluding steroid dienone is 3. The lowest BCUT2D eigenvalue weighted by Crippen LogP contribution is -2.07. The maximum atomic E-state index is 11.2. The van der Waals surface area contributed by atoms with Crippen LogP contribution in [0.3, 0.4) is 0 Å². The van der Waals surface area contributed by atoms with E-state index in [2.05, 4.69) is 6.58 Å². The monoisotopic (exact) mass is 243 g/mol. The highest BCUT2D eigenvalue weighted by atomic mass is 16.4. The lowest BCUT2D eigenvalue weighted by Gasteiger charge is -2.11. The van der Waals surface area contributed by atoms with Gasteiger partial charge in [-0.15, -0.1) is 0 Å². The van der Waals surface area contributed by atoms with E-state index in [0.717, 1.165) is 5.57 Å². The second-order valence-electron chi connectivity index (χ2n) is 3.76. The quantitative estimate of drug-likeness (QED) is 0.781. The van der Waals surface area contributed by atoms with Crippen molar-refractivity contribution < 1.29 is 9.90 Å². The smallest absolute Gasteiger partial charge is 0.336 e. The first-order valence-corrected chi connectivity index (χ1v) is 5.65. The second-order valence-corrected chi connectivity index (χ2v) is 3.76. The summed E-state index contributed by atoms with van der Waals surface area (Å²) in [6, 6.07) is 6.84. The van der Waals surface area contributed by atoms with Crippen LogP contribution in [-0.4, -0.2) is 17.6 Å². The number of aromatic carboxylic acids is 1. The molecule has 0 aliphatic heterocycles. The topological polar surface area (TPSA) is 63.3 Å². The van der Waals surface area contributed by atoms with Gasteiger partial charge in [-0.3, -0.25) is 0 Å². The Bertz CT molecular complexity index is 513. The Morgan fingerprint density at radius 3 is 2.50 bits per heavy atom. The summed E-state index contributed by atoms with van der Waals surface area (Å²) in [6.07, 6.45) is 5.54. The number of carbonyl (C=O) groups is 1. The highest BCUT2D eigenvalue weighted by Crippen LogP contribution is 2.25. The summed E-state index contributed by atoms with van der Waals surface area (Å²) < 4.78 is 0. The first-order valence-electron chi connectivity index (χ1n) is 5.65. The summed E-state index contributed by atoms with van der Waals surface area (Å²) in [5.74, 6) is -0.957. The van der Waals surface area contributed by atoms with Gasteiger partial charge in [0.15, 0.2) is 0 Å². The van der Waals surface area contributed by atoms with Crippen molar-refractivity contribution in [3.05, 3.63) is 65.8 Å². The normalized spacial score (nSPS) is 11.8. The van der Waals surface area contributed by atoms with E-state index in [1.165, 1.54) is 0 Å². The van der Waals surface area contributed by atoms with E-state index in [4.69, 9.17) is 5.73 Å². The Balaban J connectivity index is 3.38. The van der Waals surface area contributed by atoms with Gasteiger partial charge in [0.2, 0.25) is 0 Å². The number of carboxylic acid groups (broad SMARTS) is 1. The van der Waals surface area contributed by atoms with E-state index < -0.39 is 5.97 Å². The van der Waals surface area contributed by atoms with Gasteiger partial charge in [-0.2, -0.15) is 0 Å². The summed E-state index contributed by atoms with van der Waals surface area (Å²) in [4.78, 5) is 11.2. The molecule has 3 heteroatoms. The molecule has 0 aliphatic rings. The lowest BCUT2D eigenvalue weighted by atomic mass is 9.94. The molecule has 0 aliphatic carbocycles. The summed E-state index contributed by atoms with van der Waals surface area (Å²) in [5.41, 5.74) is 7.95. The fourth-order valence-electron chi connectivity index (χ4n) is 1.60. The molecule has 0 spiro atoms. The SMILES string of the molecule is C=C(CN)C(=CC=CC)c1ccccc1C(=O)O. The van der Waals surface area contributed by atoms with Crippen LogP contribution in [0.15, 0.2) is 54.6 Å². The van der Waals surface area contributed by atoms with Crippen molar-refractivity contribution in [1.82, 2.24) is 0 Å². The third-order valence-electron chi connectivity index (χ3n) is 2.53. The minimum atomic E-state index is -0.957. The number of nitrogens with two attached hydrogens (primary N) is 1. The van der Waals surface area contributed by atoms with Crippen LogP contribution < -0.4 is 5.73 Å². The second kappa shape index (κ2) is 6.57. The van der Waals surface area contributed by atoms with Crippen LogP contribution in [0, 0.1) is 0 Å². The maximum Gasteiger partial charge on any atom is 0.336 e. The molecule has 0 atom stereocenters. The summed E-state index contributed by atoms with van der Waals surface area (Å²) in [7, 11) is 0. The van der Waals surface area contributed by atoms with Gasteiger partial charge in [0.1, 0.15) is 0 Å². The van der Waals surface area contributed by atoms with E-state index in [1.807, 2.05) is 25.2 Å². The molecule has 0 amide bonds. The van der Waals surface area contributed by atoms with Crippen LogP contribution in [0.5, 0.6) is 0 Å². The minimum Gasteiger partial charge on any atom is -0.478 e. The van der Waals surface area contributed by atoms with E-state index in [-0.39, 0.29) is 12.1 Å². The standard InChI is InChI=1S/C15H17NO2/c1-3-4-7-12(11(2)10-16)13-8-5-6-9-14(13)15(17)18/h3-9H,2,10,16H2,1H3,(H,17,18). The van der Waals surface area contributed by atoms with Gasteiger partial charge in [-0.05, 0) is 29.7 Å². The Labute approximate surface area is 107 Å². The third-order valence-corrected chi connectivity index (χ3v) is 2.53. The molecule has 0 saturated heterocycles. The maximum absolute atomic E-state index is 11.2. The van der Waals surface area contributed by atoms with Crippen LogP contribution in [0.4, 0.5) is 0 Å². The minimum absolute atomic E-state index is 0.253. The predicted octanol–water partition coefficient (Wildman–Crippen LogP) is 2.86. The lowest BCUT2D eigenvalue weighted by molar-refractivity contribution is 0.0696. The molecule has 3 nitrogen and oxygen atoms in total. The van der Waals surface area contributed by atoms with Crippen molar-refractivity contribution in [1.29, 1.82) is 0 Å². The summed E-state index contributed by atoms with van der Waals surface area (Å²) in [5, 5.41) is 9.19. The van der Waals surface area contributed by atoms with Crippen LogP contribution >= 0.6 is 0 Å². The molecular weight excluding hydrogens is 226 g/mol. The van der Waals surface area contributed by atoms with Crippen molar-refractivity contribution in [3.8, 4) is 0 Å². The largest absolute Gasteiger partial charge is 0.478 e. The molecule has 0 saturated carbocycles. The summed E-state index contributed by atoms with van der Waals surface area (Å²) in [6.45, 7) is 6.06. The van der Waals surface area contributed by atoms with Crippen molar-refractivity contribution in [2.75, 3.05) is 6.54 Å². The van der Waals surface area contributed by atoms with E-state index in [0.29, 0.717) is 11.1 Å². The van der Waals surface area contributed by atoms with Gasteiger partial charge >= 0.3 is 5.97 Å². The number of benzene rings is 1. The van der Waals surface area contributed by atoms with E-state index >= 15 is 0 Å². The van der Waals surface area contributed by atoms with Crippen LogP contribution in [-0.2, 0) is 0 Å². The highest BCUT2D eigenvalue weighted by molar-refractivity contribution is 5.96. The van der Waals surface area contributed by atoms with Crippen molar-refractivity contribution in [2.24, 2.45) is 5.73 Å². The summed E-state index contributed by atoms with van der Waals surface area (Å²) >= 11 is 0. The van der Waals surface area contributed by atoms with Gasteiger partial charge in [0.05, 0.1) is 5.56 Å². The molecule has 0 fully saturated rings. The highest BCUT2D eigenvalue weighted by Gasteiger charge is 2.13. The van der Waals surface area contributed by atoms with Crippen molar-refractivity contribution in [3.63, 3.8) is 0 Å². The van der Waals surface area contributed by atoms with Crippen LogP contribution in [0.1, 0.15) is 22.8 Å². The van der Waals surface area contributed by atoms with Crippen LogP contribution in [0.2, 0.25) is 0 Å². The molecule has 94 valence electrons. The van der Waals surface area contributed by atoms with E-state index in [9.17, 15) is 9.90 Å². The molecule has 0 unspecified atom stereocenters. The van der Waals surface area contributed by atoms with Gasteiger partial charge in [-0.1, -0.05) is 43.0 Å². The van der Waals surface area contributed by atoms with Gasteiger partial charge in [-0.25, -0.2) is 4.79 Å². The molecule has 1 aromatic rings. The zero-order valence-corrected chi connectivity index (χ0v) is 10.4. The molecule has 1 aromatic carbocycles. The van der Waals surface area contributed by atoms with Crippen molar-refractivity contribution in [2.45, 2.75) is 6.92 Å². The molecular formula is C15H17NO2. The van der Waals surface area contributed by atoms with E-state index in [1.54, 1.807) is 24.3 Å². The van der Waals surface area contributed by atoms with Crippen LogP contribution in [0.25, 0.3) is 5.57 Å². The first-order chi connectivity index (χ1) is 8.61. The molecule has 3 N–H and O–H groups in total. The Hall–Kier alpha value is -2.13. The van der Waals surface area contributed by atoms with Gasteiger partial charge in [0, 0.05) is 6.54 Å². The first kappa shape index (κ1) is 13.9. The van der Waals surface area contributed by atoms with Gasteiger partial charge < -0.3 is 10.8 Å². The molecule has 0 aromatic heterocycles. The molecule has 0 bridgehead atoms. The zero-order chi connectivity index (χ0) is 13.5.